The van der Waals surface area contributed by atoms with Gasteiger partial charge in [0, 0.05) is 5.92 Å². The third kappa shape index (κ3) is 5.63. The number of hydrogen-bond donors (Lipinski definition) is 1. The number of nitrogens with zero attached hydrogens (tertiary/aromatic N) is 4. The average molecular weight is 446 g/mol. The van der Waals surface area contributed by atoms with Crippen LogP contribution in [0.1, 0.15) is 30.1 Å². The van der Waals surface area contributed by atoms with Crippen LogP contribution in [0.4, 0.5) is 32.0 Å². The second kappa shape index (κ2) is 7.86. The molecule has 2 aromatic rings. The van der Waals surface area contributed by atoms with Crippen molar-refractivity contribution in [1.29, 1.82) is 0 Å². The third-order valence-electron chi connectivity index (χ3n) is 3.86. The Hall–Kier alpha value is -2.28. The molecule has 0 aromatic carbocycles. The van der Waals surface area contributed by atoms with Gasteiger partial charge in [-0.05, 0) is 12.8 Å². The van der Waals surface area contributed by atoms with Gasteiger partial charge in [-0.1, -0.05) is 11.6 Å². The Bertz CT molecular complexity index is 887. The van der Waals surface area contributed by atoms with Crippen molar-refractivity contribution in [1.82, 2.24) is 19.6 Å². The summed E-state index contributed by atoms with van der Waals surface area (Å²) in [7, 11) is 0. The minimum Gasteiger partial charge on any atom is -0.350 e. The van der Waals surface area contributed by atoms with Crippen molar-refractivity contribution in [3.8, 4) is 0 Å². The van der Waals surface area contributed by atoms with Crippen molar-refractivity contribution in [2.45, 2.75) is 44.4 Å². The van der Waals surface area contributed by atoms with Gasteiger partial charge >= 0.3 is 12.4 Å². The van der Waals surface area contributed by atoms with Crippen LogP contribution in [0.5, 0.6) is 0 Å². The minimum absolute atomic E-state index is 0.132. The second-order valence-electron chi connectivity index (χ2n) is 6.39. The zero-order valence-electron chi connectivity index (χ0n) is 14.5. The van der Waals surface area contributed by atoms with Crippen molar-refractivity contribution < 1.29 is 35.9 Å². The van der Waals surface area contributed by atoms with E-state index in [-0.39, 0.29) is 17.3 Å². The molecule has 14 heteroatoms. The first-order chi connectivity index (χ1) is 13.4. The molecule has 29 heavy (non-hydrogen) atoms. The molecule has 0 aliphatic heterocycles. The van der Waals surface area contributed by atoms with Gasteiger partial charge in [-0.2, -0.15) is 36.5 Å². The average Bonchev–Trinajstić information content (AvgIpc) is 3.21. The van der Waals surface area contributed by atoms with Gasteiger partial charge < -0.3 is 10.1 Å². The van der Waals surface area contributed by atoms with Crippen LogP contribution in [0.25, 0.3) is 0 Å². The molecule has 0 saturated heterocycles. The molecular weight excluding hydrogens is 432 g/mol. The number of aromatic nitrogens is 4. The Morgan fingerprint density at radius 2 is 1.97 bits per heavy atom. The van der Waals surface area contributed by atoms with E-state index in [1.165, 1.54) is 6.20 Å². The fourth-order valence-electron chi connectivity index (χ4n) is 2.59. The van der Waals surface area contributed by atoms with Gasteiger partial charge in [-0.15, -0.1) is 0 Å². The quantitative estimate of drug-likeness (QED) is 0.658. The first kappa shape index (κ1) is 21.4. The summed E-state index contributed by atoms with van der Waals surface area (Å²) in [6.07, 6.45) is -5.56. The SMILES string of the molecule is O=C(Cn1nc(C(F)(F)F)c(Cl)c1C1CC1)Nc1cnn(COCC(F)(F)F)c1. The highest BCUT2D eigenvalue weighted by Crippen LogP contribution is 2.46. The normalized spacial score (nSPS) is 15.0. The Kier molecular flexibility index (Phi) is 5.81. The van der Waals surface area contributed by atoms with Crippen molar-refractivity contribution >= 4 is 23.2 Å². The Morgan fingerprint density at radius 3 is 2.55 bits per heavy atom. The summed E-state index contributed by atoms with van der Waals surface area (Å²) >= 11 is 5.83. The number of carbonyl (C=O) groups excluding carboxylic acids is 1. The first-order valence-corrected chi connectivity index (χ1v) is 8.62. The van der Waals surface area contributed by atoms with Crippen molar-refractivity contribution in [3.05, 3.63) is 28.8 Å². The van der Waals surface area contributed by atoms with E-state index in [4.69, 9.17) is 11.6 Å². The fraction of sp³-hybridized carbons (Fsp3) is 0.533. The lowest BCUT2D eigenvalue weighted by Crippen LogP contribution is -2.21. The molecule has 0 radical (unpaired) electrons. The number of carbonyl (C=O) groups is 1. The van der Waals surface area contributed by atoms with Crippen LogP contribution in [-0.4, -0.2) is 38.3 Å². The van der Waals surface area contributed by atoms with Gasteiger partial charge in [0.05, 0.1) is 28.8 Å². The van der Waals surface area contributed by atoms with E-state index in [0.29, 0.717) is 12.8 Å². The van der Waals surface area contributed by atoms with E-state index in [1.807, 2.05) is 0 Å². The molecule has 2 aromatic heterocycles. The molecule has 0 spiro atoms. The highest BCUT2D eigenvalue weighted by molar-refractivity contribution is 6.32. The number of halogens is 7. The van der Waals surface area contributed by atoms with Crippen LogP contribution < -0.4 is 5.32 Å². The van der Waals surface area contributed by atoms with Gasteiger partial charge in [-0.25, -0.2) is 4.68 Å². The lowest BCUT2D eigenvalue weighted by Gasteiger charge is -2.08. The summed E-state index contributed by atoms with van der Waals surface area (Å²) in [6.45, 7) is -2.47. The molecule has 0 atom stereocenters. The number of ether oxygens (including phenoxy) is 1. The largest absolute Gasteiger partial charge is 0.436 e. The minimum atomic E-state index is -4.75. The predicted molar refractivity (Wildman–Crippen MR) is 87.1 cm³/mol. The van der Waals surface area contributed by atoms with Crippen LogP contribution in [0, 0.1) is 0 Å². The van der Waals surface area contributed by atoms with E-state index in [1.54, 1.807) is 0 Å². The smallest absolute Gasteiger partial charge is 0.350 e. The standard InChI is InChI=1S/C15H14ClF6N5O2/c16-11-12(8-1-2-8)27(25-13(11)15(20,21)22)5-10(28)24-9-3-23-26(4-9)7-29-6-14(17,18)19/h3-4,8H,1-2,5-7H2,(H,24,28). The molecule has 7 nitrogen and oxygen atoms in total. The van der Waals surface area contributed by atoms with Crippen LogP contribution >= 0.6 is 11.6 Å². The predicted octanol–water partition coefficient (Wildman–Crippen LogP) is 3.80. The van der Waals surface area contributed by atoms with Gasteiger partial charge in [0.1, 0.15) is 19.9 Å². The number of alkyl halides is 6. The zero-order valence-corrected chi connectivity index (χ0v) is 15.3. The molecule has 0 unspecified atom stereocenters. The monoisotopic (exact) mass is 445 g/mol. The van der Waals surface area contributed by atoms with E-state index in [0.717, 1.165) is 15.6 Å². The van der Waals surface area contributed by atoms with Crippen LogP contribution in [0.15, 0.2) is 12.4 Å². The molecule has 160 valence electrons. The van der Waals surface area contributed by atoms with Crippen LogP contribution in [0.3, 0.4) is 0 Å². The molecule has 2 heterocycles. The lowest BCUT2D eigenvalue weighted by molar-refractivity contribution is -0.182. The summed E-state index contributed by atoms with van der Waals surface area (Å²) in [5.41, 5.74) is -0.957. The number of anilines is 1. The summed E-state index contributed by atoms with van der Waals surface area (Å²) in [5, 5.41) is 9.04. The summed E-state index contributed by atoms with van der Waals surface area (Å²) in [4.78, 5) is 12.2. The maximum atomic E-state index is 13.0. The van der Waals surface area contributed by atoms with Crippen molar-refractivity contribution in [3.63, 3.8) is 0 Å². The number of rotatable bonds is 7. The Morgan fingerprint density at radius 1 is 1.28 bits per heavy atom. The van der Waals surface area contributed by atoms with Gasteiger partial charge in [0.25, 0.3) is 0 Å². The van der Waals surface area contributed by atoms with Gasteiger partial charge in [0.15, 0.2) is 5.69 Å². The van der Waals surface area contributed by atoms with Crippen molar-refractivity contribution in [2.75, 3.05) is 11.9 Å². The van der Waals surface area contributed by atoms with E-state index < -0.39 is 48.9 Å². The maximum absolute atomic E-state index is 13.0. The lowest BCUT2D eigenvalue weighted by atomic mass is 10.2. The van der Waals surface area contributed by atoms with E-state index in [2.05, 4.69) is 20.3 Å². The Balaban J connectivity index is 1.63. The molecule has 1 aliphatic carbocycles. The summed E-state index contributed by atoms with van der Waals surface area (Å²) in [5.74, 6) is -0.886. The number of hydrogen-bond acceptors (Lipinski definition) is 4. The van der Waals surface area contributed by atoms with Crippen molar-refractivity contribution in [2.24, 2.45) is 0 Å². The molecule has 1 aliphatic rings. The van der Waals surface area contributed by atoms with Crippen LogP contribution in [0.2, 0.25) is 5.02 Å². The van der Waals surface area contributed by atoms with Crippen LogP contribution in [-0.2, 0) is 29.0 Å². The molecule has 3 rings (SSSR count). The molecule has 0 bridgehead atoms. The third-order valence-corrected chi connectivity index (χ3v) is 4.24. The first-order valence-electron chi connectivity index (χ1n) is 8.24. The zero-order chi connectivity index (χ0) is 21.4. The Labute approximate surface area is 164 Å². The number of amides is 1. The molecule has 1 saturated carbocycles. The van der Waals surface area contributed by atoms with Gasteiger partial charge in [-0.3, -0.25) is 9.48 Å². The topological polar surface area (TPSA) is 74.0 Å². The maximum Gasteiger partial charge on any atom is 0.436 e. The molecule has 1 N–H and O–H groups in total. The van der Waals surface area contributed by atoms with Gasteiger partial charge in [0.2, 0.25) is 5.91 Å². The highest BCUT2D eigenvalue weighted by atomic mass is 35.5. The number of nitrogens with one attached hydrogen (secondary N) is 1. The highest BCUT2D eigenvalue weighted by Gasteiger charge is 2.42. The molecular formula is C15H14ClF6N5O2. The van der Waals surface area contributed by atoms with E-state index >= 15 is 0 Å². The fourth-order valence-corrected chi connectivity index (χ4v) is 2.99. The molecule has 1 amide bonds. The molecule has 1 fully saturated rings. The summed E-state index contributed by atoms with van der Waals surface area (Å²) < 4.78 is 81.6. The second-order valence-corrected chi connectivity index (χ2v) is 6.76. The van der Waals surface area contributed by atoms with E-state index in [9.17, 15) is 31.1 Å². The summed E-state index contributed by atoms with van der Waals surface area (Å²) in [6, 6.07) is 0.